The Kier molecular flexibility index (Phi) is 4.99. The van der Waals surface area contributed by atoms with Crippen molar-refractivity contribution < 1.29 is 19.1 Å². The summed E-state index contributed by atoms with van der Waals surface area (Å²) >= 11 is 0. The third-order valence-electron chi connectivity index (χ3n) is 3.99. The van der Waals surface area contributed by atoms with Crippen LogP contribution in [0.15, 0.2) is 0 Å². The fraction of sp³-hybridized carbons (Fsp3) is 0.857. The van der Waals surface area contributed by atoms with Gasteiger partial charge >= 0.3 is 6.03 Å². The third kappa shape index (κ3) is 2.96. The molecule has 6 nitrogen and oxygen atoms in total. The number of nitrogens with one attached hydrogen (secondary N) is 1. The highest BCUT2D eigenvalue weighted by atomic mass is 16.7. The molecule has 2 rings (SSSR count). The summed E-state index contributed by atoms with van der Waals surface area (Å²) in [6.07, 6.45) is 4.04. The SMILES string of the molecule is CCOC(CN1C(=O)NC2(CCCCC2)C1=O)OCC. The van der Waals surface area contributed by atoms with Gasteiger partial charge in [-0.1, -0.05) is 19.3 Å². The van der Waals surface area contributed by atoms with Gasteiger partial charge in [0.15, 0.2) is 6.29 Å². The van der Waals surface area contributed by atoms with E-state index in [0.29, 0.717) is 13.2 Å². The molecule has 114 valence electrons. The summed E-state index contributed by atoms with van der Waals surface area (Å²) in [6.45, 7) is 4.86. The fourth-order valence-electron chi connectivity index (χ4n) is 3.01. The summed E-state index contributed by atoms with van der Waals surface area (Å²) in [5.74, 6) is -0.119. The number of imide groups is 1. The second-order valence-corrected chi connectivity index (χ2v) is 5.33. The molecule has 20 heavy (non-hydrogen) atoms. The molecule has 0 atom stereocenters. The van der Waals surface area contributed by atoms with Crippen LogP contribution in [0.4, 0.5) is 4.79 Å². The first-order chi connectivity index (χ1) is 9.63. The number of carbonyl (C=O) groups excluding carboxylic acids is 2. The van der Waals surface area contributed by atoms with Gasteiger partial charge < -0.3 is 14.8 Å². The average Bonchev–Trinajstić information content (AvgIpc) is 2.65. The van der Waals surface area contributed by atoms with Gasteiger partial charge in [0, 0.05) is 13.2 Å². The zero-order valence-electron chi connectivity index (χ0n) is 12.3. The molecule has 2 fully saturated rings. The molecule has 1 saturated carbocycles. The van der Waals surface area contributed by atoms with Gasteiger partial charge in [0.2, 0.25) is 0 Å². The van der Waals surface area contributed by atoms with Gasteiger partial charge in [-0.15, -0.1) is 0 Å². The molecule has 1 N–H and O–H groups in total. The Labute approximate surface area is 119 Å². The van der Waals surface area contributed by atoms with Crippen molar-refractivity contribution in [3.05, 3.63) is 0 Å². The number of hydrogen-bond acceptors (Lipinski definition) is 4. The molecule has 0 aromatic rings. The summed E-state index contributed by atoms with van der Waals surface area (Å²) in [6, 6.07) is -0.318. The van der Waals surface area contributed by atoms with Crippen molar-refractivity contribution in [3.63, 3.8) is 0 Å². The van der Waals surface area contributed by atoms with Gasteiger partial charge in [0.25, 0.3) is 5.91 Å². The molecule has 1 heterocycles. The average molecular weight is 284 g/mol. The Hall–Kier alpha value is -1.14. The predicted molar refractivity (Wildman–Crippen MR) is 73.1 cm³/mol. The molecular formula is C14H24N2O4. The van der Waals surface area contributed by atoms with Crippen LogP contribution in [-0.2, 0) is 14.3 Å². The summed E-state index contributed by atoms with van der Waals surface area (Å²) in [7, 11) is 0. The van der Waals surface area contributed by atoms with Crippen LogP contribution in [0.5, 0.6) is 0 Å². The number of rotatable bonds is 6. The smallest absolute Gasteiger partial charge is 0.325 e. The van der Waals surface area contributed by atoms with Gasteiger partial charge in [0.1, 0.15) is 5.54 Å². The molecule has 6 heteroatoms. The maximum Gasteiger partial charge on any atom is 0.325 e. The second kappa shape index (κ2) is 6.54. The largest absolute Gasteiger partial charge is 0.351 e. The Balaban J connectivity index is 2.04. The molecule has 1 spiro atoms. The molecule has 3 amide bonds. The van der Waals surface area contributed by atoms with Crippen molar-refractivity contribution in [2.75, 3.05) is 19.8 Å². The van der Waals surface area contributed by atoms with Crippen LogP contribution >= 0.6 is 0 Å². The van der Waals surface area contributed by atoms with E-state index in [-0.39, 0.29) is 18.5 Å². The van der Waals surface area contributed by atoms with Gasteiger partial charge in [-0.3, -0.25) is 9.69 Å². The van der Waals surface area contributed by atoms with Gasteiger partial charge in [-0.05, 0) is 26.7 Å². The third-order valence-corrected chi connectivity index (χ3v) is 3.99. The first-order valence-corrected chi connectivity index (χ1v) is 7.50. The number of hydrogen-bond donors (Lipinski definition) is 1. The molecule has 1 aliphatic heterocycles. The van der Waals surface area contributed by atoms with E-state index in [1.54, 1.807) is 0 Å². The van der Waals surface area contributed by atoms with Crippen molar-refractivity contribution in [3.8, 4) is 0 Å². The van der Waals surface area contributed by atoms with E-state index >= 15 is 0 Å². The summed E-state index contributed by atoms with van der Waals surface area (Å²) in [5, 5.41) is 2.89. The highest BCUT2D eigenvalue weighted by Gasteiger charge is 2.51. The molecule has 0 aromatic heterocycles. The van der Waals surface area contributed by atoms with Crippen LogP contribution in [-0.4, -0.2) is 48.4 Å². The van der Waals surface area contributed by atoms with Crippen LogP contribution < -0.4 is 5.32 Å². The number of urea groups is 1. The Morgan fingerprint density at radius 1 is 1.15 bits per heavy atom. The lowest BCUT2D eigenvalue weighted by molar-refractivity contribution is -0.154. The first-order valence-electron chi connectivity index (χ1n) is 7.50. The fourth-order valence-corrected chi connectivity index (χ4v) is 3.01. The lowest BCUT2D eigenvalue weighted by atomic mass is 9.82. The topological polar surface area (TPSA) is 67.9 Å². The molecule has 0 unspecified atom stereocenters. The molecule has 0 bridgehead atoms. The van der Waals surface area contributed by atoms with Crippen LogP contribution in [0.2, 0.25) is 0 Å². The minimum absolute atomic E-state index is 0.119. The second-order valence-electron chi connectivity index (χ2n) is 5.33. The normalized spacial score (nSPS) is 21.9. The van der Waals surface area contributed by atoms with Crippen LogP contribution in [0.1, 0.15) is 46.0 Å². The van der Waals surface area contributed by atoms with Crippen molar-refractivity contribution in [1.82, 2.24) is 10.2 Å². The van der Waals surface area contributed by atoms with Crippen LogP contribution in [0.25, 0.3) is 0 Å². The molecular weight excluding hydrogens is 260 g/mol. The van der Waals surface area contributed by atoms with E-state index in [2.05, 4.69) is 5.32 Å². The molecule has 1 aliphatic carbocycles. The lowest BCUT2D eigenvalue weighted by Gasteiger charge is -2.30. The maximum absolute atomic E-state index is 12.6. The molecule has 0 aromatic carbocycles. The lowest BCUT2D eigenvalue weighted by Crippen LogP contribution is -2.48. The predicted octanol–water partition coefficient (Wildman–Crippen LogP) is 1.64. The zero-order chi connectivity index (χ0) is 14.6. The van der Waals surface area contributed by atoms with E-state index < -0.39 is 11.8 Å². The zero-order valence-corrected chi connectivity index (χ0v) is 12.3. The van der Waals surface area contributed by atoms with Crippen LogP contribution in [0.3, 0.4) is 0 Å². The number of carbonyl (C=O) groups is 2. The van der Waals surface area contributed by atoms with Gasteiger partial charge in [0.05, 0.1) is 6.54 Å². The van der Waals surface area contributed by atoms with Gasteiger partial charge in [-0.25, -0.2) is 4.79 Å². The monoisotopic (exact) mass is 284 g/mol. The first kappa shape index (κ1) is 15.3. The Morgan fingerprint density at radius 2 is 1.75 bits per heavy atom. The van der Waals surface area contributed by atoms with Gasteiger partial charge in [-0.2, -0.15) is 0 Å². The quantitative estimate of drug-likeness (QED) is 0.595. The number of amides is 3. The van der Waals surface area contributed by atoms with E-state index in [0.717, 1.165) is 32.1 Å². The molecule has 0 radical (unpaired) electrons. The van der Waals surface area contributed by atoms with Crippen molar-refractivity contribution in [2.45, 2.75) is 57.8 Å². The van der Waals surface area contributed by atoms with E-state index in [9.17, 15) is 9.59 Å². The van der Waals surface area contributed by atoms with Crippen molar-refractivity contribution in [2.24, 2.45) is 0 Å². The molecule has 1 saturated heterocycles. The minimum atomic E-state index is -0.668. The van der Waals surface area contributed by atoms with Crippen molar-refractivity contribution in [1.29, 1.82) is 0 Å². The van der Waals surface area contributed by atoms with Crippen molar-refractivity contribution >= 4 is 11.9 Å². The minimum Gasteiger partial charge on any atom is -0.351 e. The number of nitrogens with zero attached hydrogens (tertiary/aromatic N) is 1. The highest BCUT2D eigenvalue weighted by Crippen LogP contribution is 2.33. The summed E-state index contributed by atoms with van der Waals surface area (Å²) in [4.78, 5) is 25.9. The molecule has 2 aliphatic rings. The maximum atomic E-state index is 12.6. The standard InChI is InChI=1S/C14H24N2O4/c1-3-19-11(20-4-2)10-16-12(17)14(15-13(16)18)8-6-5-7-9-14/h11H,3-10H2,1-2H3,(H,15,18). The number of ether oxygens (including phenoxy) is 2. The highest BCUT2D eigenvalue weighted by molar-refractivity contribution is 6.07. The Morgan fingerprint density at radius 3 is 2.30 bits per heavy atom. The summed E-state index contributed by atoms with van der Waals surface area (Å²) in [5.41, 5.74) is -0.668. The summed E-state index contributed by atoms with van der Waals surface area (Å²) < 4.78 is 10.8. The van der Waals surface area contributed by atoms with E-state index in [1.807, 2.05) is 13.8 Å². The van der Waals surface area contributed by atoms with Crippen LogP contribution in [0, 0.1) is 0 Å². The van der Waals surface area contributed by atoms with E-state index in [4.69, 9.17) is 9.47 Å². The van der Waals surface area contributed by atoms with E-state index in [1.165, 1.54) is 4.90 Å². The Bertz CT molecular complexity index is 360.